The van der Waals surface area contributed by atoms with Gasteiger partial charge >= 0.3 is 6.03 Å². The smallest absolute Gasteiger partial charge is 0.321 e. The van der Waals surface area contributed by atoms with Gasteiger partial charge in [0.1, 0.15) is 5.01 Å². The zero-order valence-corrected chi connectivity index (χ0v) is 19.5. The molecule has 3 aromatic rings. The number of nitrogens with one attached hydrogen (secondary N) is 2. The normalized spacial score (nSPS) is 16.0. The number of piperidine rings is 1. The van der Waals surface area contributed by atoms with E-state index >= 15 is 0 Å². The van der Waals surface area contributed by atoms with Crippen LogP contribution in [0.5, 0.6) is 0 Å². The molecule has 7 nitrogen and oxygen atoms in total. The van der Waals surface area contributed by atoms with Crippen LogP contribution >= 0.6 is 22.9 Å². The standard InChI is InChI=1S/C23H24ClN5O2S/c1-14-5-8-17(9-6-14)25-20(30)22-28-27-21(32-22)16-4-3-11-29(13-16)23(31)26-18-10-7-15(2)19(24)12-18/h5-10,12,16H,3-4,11,13H2,1-2H3,(H,25,30)(H,26,31)/t16-/m1/s1. The molecule has 2 heterocycles. The summed E-state index contributed by atoms with van der Waals surface area (Å²) in [5.41, 5.74) is 3.46. The Balaban J connectivity index is 1.38. The third-order valence-electron chi connectivity index (χ3n) is 5.43. The highest BCUT2D eigenvalue weighted by molar-refractivity contribution is 7.13. The molecular formula is C23H24ClN5O2S. The fraction of sp³-hybridized carbons (Fsp3) is 0.304. The number of carbonyl (C=O) groups is 2. The zero-order valence-electron chi connectivity index (χ0n) is 17.9. The first-order valence-corrected chi connectivity index (χ1v) is 11.6. The van der Waals surface area contributed by atoms with E-state index in [-0.39, 0.29) is 17.9 Å². The van der Waals surface area contributed by atoms with Crippen LogP contribution in [0.25, 0.3) is 0 Å². The number of hydrogen-bond donors (Lipinski definition) is 2. The van der Waals surface area contributed by atoms with Gasteiger partial charge in [-0.2, -0.15) is 0 Å². The minimum absolute atomic E-state index is 0.0505. The largest absolute Gasteiger partial charge is 0.324 e. The Labute approximate surface area is 195 Å². The molecule has 0 radical (unpaired) electrons. The van der Waals surface area contributed by atoms with Gasteiger partial charge in [0.25, 0.3) is 5.91 Å². The average Bonchev–Trinajstić information content (AvgIpc) is 3.28. The van der Waals surface area contributed by atoms with Gasteiger partial charge in [0.15, 0.2) is 0 Å². The van der Waals surface area contributed by atoms with Crippen molar-refractivity contribution in [1.29, 1.82) is 0 Å². The molecular weight excluding hydrogens is 446 g/mol. The van der Waals surface area contributed by atoms with Crippen molar-refractivity contribution in [3.05, 3.63) is 68.6 Å². The molecule has 2 aromatic carbocycles. The van der Waals surface area contributed by atoms with Crippen molar-refractivity contribution in [3.8, 4) is 0 Å². The molecule has 166 valence electrons. The van der Waals surface area contributed by atoms with Crippen molar-refractivity contribution in [2.45, 2.75) is 32.6 Å². The third kappa shape index (κ3) is 5.26. The van der Waals surface area contributed by atoms with E-state index in [9.17, 15) is 9.59 Å². The first kappa shape index (κ1) is 22.2. The van der Waals surface area contributed by atoms with Gasteiger partial charge in [0.05, 0.1) is 0 Å². The summed E-state index contributed by atoms with van der Waals surface area (Å²) in [6.45, 7) is 5.11. The molecule has 1 aliphatic rings. The van der Waals surface area contributed by atoms with Crippen LogP contribution in [-0.2, 0) is 0 Å². The fourth-order valence-corrected chi connectivity index (χ4v) is 4.59. The van der Waals surface area contributed by atoms with Crippen LogP contribution in [-0.4, -0.2) is 40.1 Å². The highest BCUT2D eigenvalue weighted by atomic mass is 35.5. The first-order valence-electron chi connectivity index (χ1n) is 10.4. The number of aryl methyl sites for hydroxylation is 2. The Morgan fingerprint density at radius 2 is 1.81 bits per heavy atom. The summed E-state index contributed by atoms with van der Waals surface area (Å²) >= 11 is 7.44. The topological polar surface area (TPSA) is 87.2 Å². The molecule has 1 saturated heterocycles. The molecule has 1 fully saturated rings. The van der Waals surface area contributed by atoms with Crippen molar-refractivity contribution < 1.29 is 9.59 Å². The van der Waals surface area contributed by atoms with Gasteiger partial charge in [0.2, 0.25) is 5.01 Å². The Kier molecular flexibility index (Phi) is 6.72. The fourth-order valence-electron chi connectivity index (χ4n) is 3.55. The van der Waals surface area contributed by atoms with Crippen molar-refractivity contribution in [3.63, 3.8) is 0 Å². The van der Waals surface area contributed by atoms with E-state index in [4.69, 9.17) is 11.6 Å². The summed E-state index contributed by atoms with van der Waals surface area (Å²) in [6.07, 6.45) is 1.76. The highest BCUT2D eigenvalue weighted by Crippen LogP contribution is 2.30. The van der Waals surface area contributed by atoms with E-state index < -0.39 is 0 Å². The summed E-state index contributed by atoms with van der Waals surface area (Å²) in [4.78, 5) is 27.1. The molecule has 3 amide bonds. The second-order valence-electron chi connectivity index (χ2n) is 7.94. The minimum atomic E-state index is -0.278. The van der Waals surface area contributed by atoms with Crippen LogP contribution in [0, 0.1) is 13.8 Å². The number of likely N-dealkylation sites (tertiary alicyclic amines) is 1. The molecule has 0 aliphatic carbocycles. The molecule has 0 unspecified atom stereocenters. The second-order valence-corrected chi connectivity index (χ2v) is 9.36. The average molecular weight is 470 g/mol. The summed E-state index contributed by atoms with van der Waals surface area (Å²) < 4.78 is 0. The van der Waals surface area contributed by atoms with Crippen LogP contribution in [0.1, 0.15) is 44.7 Å². The van der Waals surface area contributed by atoms with Gasteiger partial charge in [-0.05, 0) is 56.5 Å². The van der Waals surface area contributed by atoms with Crippen molar-refractivity contribution in [2.24, 2.45) is 0 Å². The lowest BCUT2D eigenvalue weighted by Gasteiger charge is -2.31. The number of amides is 3. The van der Waals surface area contributed by atoms with E-state index in [2.05, 4.69) is 20.8 Å². The SMILES string of the molecule is Cc1ccc(NC(=O)c2nnc([C@@H]3CCCN(C(=O)Nc4ccc(C)c(Cl)c4)C3)s2)cc1. The minimum Gasteiger partial charge on any atom is -0.324 e. The molecule has 9 heteroatoms. The van der Waals surface area contributed by atoms with Crippen molar-refractivity contribution in [2.75, 3.05) is 23.7 Å². The number of halogens is 1. The van der Waals surface area contributed by atoms with Gasteiger partial charge in [-0.25, -0.2) is 4.79 Å². The number of benzene rings is 2. The predicted molar refractivity (Wildman–Crippen MR) is 128 cm³/mol. The van der Waals surface area contributed by atoms with Gasteiger partial charge in [0, 0.05) is 35.4 Å². The van der Waals surface area contributed by atoms with Gasteiger partial charge in [-0.3, -0.25) is 4.79 Å². The Hall–Kier alpha value is -2.97. The predicted octanol–water partition coefficient (Wildman–Crippen LogP) is 5.47. The lowest BCUT2D eigenvalue weighted by Crippen LogP contribution is -2.41. The van der Waals surface area contributed by atoms with Crippen LogP contribution < -0.4 is 10.6 Å². The Morgan fingerprint density at radius 1 is 1.06 bits per heavy atom. The molecule has 1 atom stereocenters. The van der Waals surface area contributed by atoms with Crippen LogP contribution in [0.2, 0.25) is 5.02 Å². The summed E-state index contributed by atoms with van der Waals surface area (Å²) in [6, 6.07) is 12.9. The first-order chi connectivity index (χ1) is 15.4. The quantitative estimate of drug-likeness (QED) is 0.530. The van der Waals surface area contributed by atoms with E-state index in [1.807, 2.05) is 50.2 Å². The highest BCUT2D eigenvalue weighted by Gasteiger charge is 2.28. The van der Waals surface area contributed by atoms with E-state index in [1.54, 1.807) is 11.0 Å². The van der Waals surface area contributed by atoms with Crippen LogP contribution in [0.4, 0.5) is 16.2 Å². The molecule has 0 saturated carbocycles. The zero-order chi connectivity index (χ0) is 22.7. The number of aromatic nitrogens is 2. The molecule has 32 heavy (non-hydrogen) atoms. The maximum Gasteiger partial charge on any atom is 0.321 e. The van der Waals surface area contributed by atoms with E-state index in [0.29, 0.717) is 34.5 Å². The van der Waals surface area contributed by atoms with Crippen LogP contribution in [0.15, 0.2) is 42.5 Å². The molecule has 1 aliphatic heterocycles. The number of rotatable bonds is 4. The Morgan fingerprint density at radius 3 is 2.56 bits per heavy atom. The van der Waals surface area contributed by atoms with E-state index in [0.717, 1.165) is 29.0 Å². The van der Waals surface area contributed by atoms with E-state index in [1.165, 1.54) is 11.3 Å². The van der Waals surface area contributed by atoms with Gasteiger partial charge in [-0.1, -0.05) is 46.7 Å². The van der Waals surface area contributed by atoms with Gasteiger partial charge < -0.3 is 15.5 Å². The summed E-state index contributed by atoms with van der Waals surface area (Å²) in [7, 11) is 0. The molecule has 2 N–H and O–H groups in total. The Bertz CT molecular complexity index is 1130. The van der Waals surface area contributed by atoms with Crippen molar-refractivity contribution >= 4 is 46.3 Å². The summed E-state index contributed by atoms with van der Waals surface area (Å²) in [5.74, 6) is -0.228. The molecule has 1 aromatic heterocycles. The molecule has 4 rings (SSSR count). The maximum absolute atomic E-state index is 12.8. The molecule has 0 bridgehead atoms. The number of nitrogens with zero attached hydrogens (tertiary/aromatic N) is 3. The number of anilines is 2. The van der Waals surface area contributed by atoms with Crippen LogP contribution in [0.3, 0.4) is 0 Å². The second kappa shape index (κ2) is 9.67. The third-order valence-corrected chi connectivity index (χ3v) is 6.92. The number of carbonyl (C=O) groups excluding carboxylic acids is 2. The monoisotopic (exact) mass is 469 g/mol. The van der Waals surface area contributed by atoms with Gasteiger partial charge in [-0.15, -0.1) is 10.2 Å². The molecule has 0 spiro atoms. The number of urea groups is 1. The maximum atomic E-state index is 12.8. The summed E-state index contributed by atoms with van der Waals surface area (Å²) in [5, 5.41) is 15.8. The lowest BCUT2D eigenvalue weighted by molar-refractivity contribution is 0.102. The number of hydrogen-bond acceptors (Lipinski definition) is 5. The lowest BCUT2D eigenvalue weighted by atomic mass is 9.99. The van der Waals surface area contributed by atoms with Crippen molar-refractivity contribution in [1.82, 2.24) is 15.1 Å².